The molecule has 0 amide bonds. The van der Waals surface area contributed by atoms with Crippen LogP contribution < -0.4 is 26.0 Å². The van der Waals surface area contributed by atoms with E-state index in [4.69, 9.17) is 9.72 Å². The number of anilines is 3. The molecule has 3 aliphatic heterocycles. The molecule has 5 aromatic rings. The Hall–Kier alpha value is -4.31. The molecule has 0 atom stereocenters. The number of fused-ring (bicyclic) bond motifs is 8. The first-order chi connectivity index (χ1) is 21.9. The van der Waals surface area contributed by atoms with Crippen LogP contribution in [-0.2, 0) is 16.2 Å². The van der Waals surface area contributed by atoms with Crippen molar-refractivity contribution in [1.82, 2.24) is 4.98 Å². The topological polar surface area (TPSA) is 25.4 Å². The molecule has 3 nitrogen and oxygen atoms in total. The fourth-order valence-corrected chi connectivity index (χ4v) is 9.30. The molecule has 1 aliphatic carbocycles. The zero-order chi connectivity index (χ0) is 31.9. The van der Waals surface area contributed by atoms with Crippen molar-refractivity contribution < 1.29 is 4.74 Å². The van der Waals surface area contributed by atoms with E-state index in [0.29, 0.717) is 0 Å². The van der Waals surface area contributed by atoms with Gasteiger partial charge in [-0.3, -0.25) is 4.98 Å². The lowest BCUT2D eigenvalue weighted by molar-refractivity contribution is 0.319. The van der Waals surface area contributed by atoms with E-state index in [1.807, 2.05) is 0 Å². The van der Waals surface area contributed by atoms with Gasteiger partial charge in [0, 0.05) is 27.9 Å². The van der Waals surface area contributed by atoms with Crippen molar-refractivity contribution in [2.75, 3.05) is 4.90 Å². The Labute approximate surface area is 273 Å². The summed E-state index contributed by atoms with van der Waals surface area (Å²) in [4.78, 5) is 8.18. The number of aromatic nitrogens is 1. The van der Waals surface area contributed by atoms with Gasteiger partial charge in [-0.2, -0.15) is 0 Å². The van der Waals surface area contributed by atoms with Gasteiger partial charge in [-0.25, -0.2) is 0 Å². The SMILES string of the molecule is Cc1cccc(C)c1-c1cc2c3c(n1)C(C)(C)c1ccccc1B3c1cccc3c1N2c1ccc2c(c1O3)C(C)(C)CCC2(C)C. The second-order valence-corrected chi connectivity index (χ2v) is 15.9. The Morgan fingerprint density at radius 2 is 1.41 bits per heavy atom. The molecule has 0 saturated heterocycles. The van der Waals surface area contributed by atoms with Gasteiger partial charge in [0.1, 0.15) is 0 Å². The van der Waals surface area contributed by atoms with Gasteiger partial charge in [0.2, 0.25) is 6.71 Å². The van der Waals surface area contributed by atoms with Gasteiger partial charge < -0.3 is 9.64 Å². The van der Waals surface area contributed by atoms with Crippen molar-refractivity contribution in [3.63, 3.8) is 0 Å². The number of pyridine rings is 1. The Morgan fingerprint density at radius 3 is 2.20 bits per heavy atom. The average molecular weight is 601 g/mol. The average Bonchev–Trinajstić information content (AvgIpc) is 3.02. The van der Waals surface area contributed by atoms with Crippen molar-refractivity contribution in [3.05, 3.63) is 112 Å². The number of aryl methyl sites for hydroxylation is 2. The van der Waals surface area contributed by atoms with Crippen molar-refractivity contribution in [1.29, 1.82) is 0 Å². The van der Waals surface area contributed by atoms with Crippen LogP contribution in [0.2, 0.25) is 0 Å². The van der Waals surface area contributed by atoms with Crippen LogP contribution in [0.3, 0.4) is 0 Å². The fourth-order valence-electron chi connectivity index (χ4n) is 9.30. The number of benzene rings is 4. The van der Waals surface area contributed by atoms with Crippen LogP contribution in [0.5, 0.6) is 11.5 Å². The summed E-state index contributed by atoms with van der Waals surface area (Å²) >= 11 is 0. The molecule has 0 unspecified atom stereocenters. The molecule has 1 aromatic heterocycles. The van der Waals surface area contributed by atoms with Crippen molar-refractivity contribution in [2.45, 2.75) is 84.5 Å². The quantitative estimate of drug-likeness (QED) is 0.176. The van der Waals surface area contributed by atoms with Crippen molar-refractivity contribution >= 4 is 40.2 Å². The Morgan fingerprint density at radius 1 is 0.717 bits per heavy atom. The maximum atomic E-state index is 7.13. The molecule has 9 rings (SSSR count). The largest absolute Gasteiger partial charge is 0.453 e. The minimum absolute atomic E-state index is 0.00561. The zero-order valence-electron chi connectivity index (χ0n) is 28.3. The van der Waals surface area contributed by atoms with Crippen LogP contribution in [0.1, 0.15) is 87.9 Å². The molecule has 0 spiro atoms. The van der Waals surface area contributed by atoms with E-state index in [9.17, 15) is 0 Å². The summed E-state index contributed by atoms with van der Waals surface area (Å²) in [5.74, 6) is 1.96. The van der Waals surface area contributed by atoms with Crippen molar-refractivity contribution in [2.24, 2.45) is 0 Å². The van der Waals surface area contributed by atoms with Crippen molar-refractivity contribution in [3.8, 4) is 22.8 Å². The molecule has 4 aromatic carbocycles. The first-order valence-corrected chi connectivity index (χ1v) is 16.9. The van der Waals surface area contributed by atoms with Gasteiger partial charge >= 0.3 is 0 Å². The molecule has 0 radical (unpaired) electrons. The van der Waals surface area contributed by atoms with Gasteiger partial charge in [-0.05, 0) is 88.9 Å². The summed E-state index contributed by atoms with van der Waals surface area (Å²) in [6, 6.07) is 29.4. The third-order valence-electron chi connectivity index (χ3n) is 11.8. The highest BCUT2D eigenvalue weighted by molar-refractivity contribution is 6.99. The number of para-hydroxylation sites is 1. The predicted molar refractivity (Wildman–Crippen MR) is 192 cm³/mol. The van der Waals surface area contributed by atoms with Gasteiger partial charge in [-0.1, -0.05) is 108 Å². The maximum absolute atomic E-state index is 7.13. The van der Waals surface area contributed by atoms with E-state index in [1.54, 1.807) is 0 Å². The van der Waals surface area contributed by atoms with E-state index >= 15 is 0 Å². The van der Waals surface area contributed by atoms with Crippen LogP contribution in [0.4, 0.5) is 17.1 Å². The third-order valence-corrected chi connectivity index (χ3v) is 11.8. The van der Waals surface area contributed by atoms with E-state index in [0.717, 1.165) is 29.3 Å². The third kappa shape index (κ3) is 3.48. The molecule has 0 fully saturated rings. The number of hydrogen-bond donors (Lipinski definition) is 0. The van der Waals surface area contributed by atoms with Crippen LogP contribution >= 0.6 is 0 Å². The predicted octanol–water partition coefficient (Wildman–Crippen LogP) is 8.76. The van der Waals surface area contributed by atoms with Gasteiger partial charge in [0.15, 0.2) is 11.5 Å². The Bertz CT molecular complexity index is 2140. The molecule has 228 valence electrons. The second kappa shape index (κ2) is 8.94. The summed E-state index contributed by atoms with van der Waals surface area (Å²) in [7, 11) is 0. The maximum Gasteiger partial charge on any atom is 0.249 e. The van der Waals surface area contributed by atoms with Crippen LogP contribution in [0.15, 0.2) is 78.9 Å². The molecular weight excluding hydrogens is 559 g/mol. The minimum atomic E-state index is -0.268. The molecule has 0 bridgehead atoms. The summed E-state index contributed by atoms with van der Waals surface area (Å²) in [5.41, 5.74) is 17.4. The number of ether oxygens (including phenoxy) is 1. The summed E-state index contributed by atoms with van der Waals surface area (Å²) in [6.07, 6.45) is 2.30. The van der Waals surface area contributed by atoms with E-state index < -0.39 is 0 Å². The highest BCUT2D eigenvalue weighted by Crippen LogP contribution is 2.59. The van der Waals surface area contributed by atoms with Gasteiger partial charge in [-0.15, -0.1) is 0 Å². The highest BCUT2D eigenvalue weighted by atomic mass is 16.5. The van der Waals surface area contributed by atoms with E-state index in [-0.39, 0.29) is 23.0 Å². The van der Waals surface area contributed by atoms with Crippen LogP contribution in [-0.4, -0.2) is 11.7 Å². The van der Waals surface area contributed by atoms with Gasteiger partial charge in [0.05, 0.1) is 17.1 Å². The number of nitrogens with zero attached hydrogens (tertiary/aromatic N) is 2. The van der Waals surface area contributed by atoms with Crippen LogP contribution in [0, 0.1) is 13.8 Å². The lowest BCUT2D eigenvalue weighted by Crippen LogP contribution is -2.64. The van der Waals surface area contributed by atoms with Gasteiger partial charge in [0.25, 0.3) is 0 Å². The first-order valence-electron chi connectivity index (χ1n) is 16.9. The monoisotopic (exact) mass is 600 g/mol. The standard InChI is InChI=1S/C42H41BN2O/c1-24-13-11-14-25(2)34(24)30-23-32-36-39(44-30)42(7,8)26-15-9-10-16-28(26)43(36)29-17-12-18-33-37(29)45(32)31-20-19-27-35(38(31)46-33)41(5,6)22-21-40(27,3)4/h9-20,23H,21-22H2,1-8H3. The summed E-state index contributed by atoms with van der Waals surface area (Å²) in [5, 5.41) is 0. The Kier molecular flexibility index (Phi) is 5.43. The molecule has 0 saturated carbocycles. The number of rotatable bonds is 1. The molecule has 0 N–H and O–H groups in total. The molecule has 4 aliphatic rings. The normalized spacial score (nSPS) is 18.4. The zero-order valence-corrected chi connectivity index (χ0v) is 28.3. The molecule has 4 heterocycles. The first kappa shape index (κ1) is 28.0. The molecule has 4 heteroatoms. The highest BCUT2D eigenvalue weighted by Gasteiger charge is 2.50. The van der Waals surface area contributed by atoms with E-state index in [2.05, 4.69) is 139 Å². The fraction of sp³-hybridized carbons (Fsp3) is 0.310. The summed E-state index contributed by atoms with van der Waals surface area (Å²) in [6.45, 7) is 18.8. The second-order valence-electron chi connectivity index (χ2n) is 15.9. The lowest BCUT2D eigenvalue weighted by atomic mass is 9.30. The number of hydrogen-bond acceptors (Lipinski definition) is 3. The smallest absolute Gasteiger partial charge is 0.249 e. The molecule has 46 heavy (non-hydrogen) atoms. The minimum Gasteiger partial charge on any atom is -0.453 e. The summed E-state index contributed by atoms with van der Waals surface area (Å²) < 4.78 is 7.13. The molecular formula is C42H41BN2O. The van der Waals surface area contributed by atoms with E-state index in [1.165, 1.54) is 73.3 Å². The lowest BCUT2D eigenvalue weighted by Gasteiger charge is -2.48. The Balaban J connectivity index is 1.42. The van der Waals surface area contributed by atoms with Crippen LogP contribution in [0.25, 0.3) is 11.3 Å².